The van der Waals surface area contributed by atoms with Crippen molar-refractivity contribution < 1.29 is 4.79 Å². The van der Waals surface area contributed by atoms with E-state index < -0.39 is 0 Å². The Kier molecular flexibility index (Phi) is 5.35. The molecule has 2 atom stereocenters. The van der Waals surface area contributed by atoms with Crippen LogP contribution in [-0.2, 0) is 6.42 Å². The summed E-state index contributed by atoms with van der Waals surface area (Å²) in [5.41, 5.74) is 6.60. The van der Waals surface area contributed by atoms with E-state index >= 15 is 0 Å². The van der Waals surface area contributed by atoms with Crippen molar-refractivity contribution in [2.45, 2.75) is 38.3 Å². The summed E-state index contributed by atoms with van der Waals surface area (Å²) in [6.45, 7) is 4.18. The van der Waals surface area contributed by atoms with E-state index in [1.54, 1.807) is 12.4 Å². The monoisotopic (exact) mass is 471 g/mol. The van der Waals surface area contributed by atoms with E-state index in [0.717, 1.165) is 58.0 Å². The molecule has 4 heterocycles. The number of rotatable bonds is 4. The molecule has 1 aliphatic heterocycles. The van der Waals surface area contributed by atoms with E-state index in [1.807, 2.05) is 43.5 Å². The molecule has 4 aromatic rings. The number of benzene rings is 1. The average molecular weight is 472 g/mol. The number of aromatic nitrogens is 3. The lowest BCUT2D eigenvalue weighted by atomic mass is 10.0. The minimum absolute atomic E-state index is 0.126. The number of carbonyl (C=O) groups excluding carboxylic acids is 1. The summed E-state index contributed by atoms with van der Waals surface area (Å²) in [4.78, 5) is 28.0. The van der Waals surface area contributed by atoms with Gasteiger partial charge in [-0.05, 0) is 80.2 Å². The lowest BCUT2D eigenvalue weighted by molar-refractivity contribution is 0.0906. The molecular weight excluding hydrogens is 446 g/mol. The Balaban J connectivity index is 1.28. The quantitative estimate of drug-likeness (QED) is 0.435. The highest BCUT2D eigenvalue weighted by Gasteiger charge is 2.39. The van der Waals surface area contributed by atoms with E-state index in [4.69, 9.17) is 11.6 Å². The molecule has 1 aromatic carbocycles. The molecule has 34 heavy (non-hydrogen) atoms. The van der Waals surface area contributed by atoms with Crippen molar-refractivity contribution in [1.29, 1.82) is 0 Å². The van der Waals surface area contributed by atoms with Crippen LogP contribution in [0.3, 0.4) is 0 Å². The smallest absolute Gasteiger partial charge is 0.253 e. The van der Waals surface area contributed by atoms with Crippen molar-refractivity contribution in [3.05, 3.63) is 82.3 Å². The van der Waals surface area contributed by atoms with Crippen LogP contribution in [0.2, 0.25) is 5.02 Å². The number of nitrogens with one attached hydrogen (secondary N) is 2. The SMILES string of the molecule is Cc1c[nH]c2nccc(-c3ccc(C(=O)N[C@@H]4c5c(Cl)cccc5C[C@H]4N4CCCC4)cn3)c12. The second kappa shape index (κ2) is 8.53. The van der Waals surface area contributed by atoms with Crippen LogP contribution in [0.15, 0.2) is 55.0 Å². The normalized spacial score (nSPS) is 20.1. The molecule has 1 amide bonds. The number of halogens is 1. The maximum absolute atomic E-state index is 13.3. The average Bonchev–Trinajstić information content (AvgIpc) is 3.59. The molecule has 0 spiro atoms. The van der Waals surface area contributed by atoms with E-state index in [0.29, 0.717) is 5.56 Å². The Morgan fingerprint density at radius 2 is 2.00 bits per heavy atom. The van der Waals surface area contributed by atoms with Crippen LogP contribution in [0.25, 0.3) is 22.3 Å². The molecule has 0 radical (unpaired) electrons. The van der Waals surface area contributed by atoms with Crippen LogP contribution < -0.4 is 5.32 Å². The molecule has 6 rings (SSSR count). The molecule has 0 unspecified atom stereocenters. The van der Waals surface area contributed by atoms with E-state index in [-0.39, 0.29) is 18.0 Å². The number of likely N-dealkylation sites (tertiary alicyclic amines) is 1. The number of aryl methyl sites for hydroxylation is 1. The van der Waals surface area contributed by atoms with Gasteiger partial charge < -0.3 is 10.3 Å². The van der Waals surface area contributed by atoms with Crippen molar-refractivity contribution in [2.24, 2.45) is 0 Å². The van der Waals surface area contributed by atoms with E-state index in [9.17, 15) is 4.79 Å². The summed E-state index contributed by atoms with van der Waals surface area (Å²) in [7, 11) is 0. The zero-order valence-corrected chi connectivity index (χ0v) is 19.8. The summed E-state index contributed by atoms with van der Waals surface area (Å²) in [5, 5.41) is 5.07. The Morgan fingerprint density at radius 1 is 1.15 bits per heavy atom. The number of nitrogens with zero attached hydrogens (tertiary/aromatic N) is 3. The highest BCUT2D eigenvalue weighted by atomic mass is 35.5. The van der Waals surface area contributed by atoms with Gasteiger partial charge in [-0.2, -0.15) is 0 Å². The number of hydrogen-bond donors (Lipinski definition) is 2. The summed E-state index contributed by atoms with van der Waals surface area (Å²) in [6.07, 6.45) is 8.70. The first-order valence-corrected chi connectivity index (χ1v) is 12.2. The fourth-order valence-electron chi connectivity index (χ4n) is 5.57. The fourth-order valence-corrected chi connectivity index (χ4v) is 5.88. The van der Waals surface area contributed by atoms with Crippen molar-refractivity contribution in [2.75, 3.05) is 13.1 Å². The standard InChI is InChI=1S/C27H26ClN5O/c1-16-14-31-26-23(16)19(9-10-29-26)21-8-7-18(15-30-21)27(34)32-25-22(33-11-2-3-12-33)13-17-5-4-6-20(28)24(17)25/h4-10,14-15,22,25H,2-3,11-13H2,1H3,(H,29,31)(H,32,34)/t22-,25+/m1/s1. The minimum Gasteiger partial charge on any atom is -0.346 e. The van der Waals surface area contributed by atoms with Gasteiger partial charge in [0.1, 0.15) is 5.65 Å². The van der Waals surface area contributed by atoms with Crippen molar-refractivity contribution in [3.63, 3.8) is 0 Å². The lowest BCUT2D eigenvalue weighted by Gasteiger charge is -2.30. The number of aromatic amines is 1. The Morgan fingerprint density at radius 3 is 2.79 bits per heavy atom. The number of fused-ring (bicyclic) bond motifs is 2. The van der Waals surface area contributed by atoms with Crippen LogP contribution in [0.5, 0.6) is 0 Å². The molecule has 0 bridgehead atoms. The Bertz CT molecular complexity index is 1370. The van der Waals surface area contributed by atoms with Crippen LogP contribution in [-0.4, -0.2) is 44.9 Å². The second-order valence-corrected chi connectivity index (χ2v) is 9.67. The molecule has 2 aliphatic rings. The van der Waals surface area contributed by atoms with Gasteiger partial charge in [0, 0.05) is 40.6 Å². The summed E-state index contributed by atoms with van der Waals surface area (Å²) in [6, 6.07) is 11.9. The first-order chi connectivity index (χ1) is 16.6. The van der Waals surface area contributed by atoms with Gasteiger partial charge in [-0.3, -0.25) is 14.7 Å². The van der Waals surface area contributed by atoms with Gasteiger partial charge in [0.25, 0.3) is 5.91 Å². The molecule has 2 N–H and O–H groups in total. The van der Waals surface area contributed by atoms with Crippen LogP contribution >= 0.6 is 11.6 Å². The molecule has 7 heteroatoms. The second-order valence-electron chi connectivity index (χ2n) is 9.26. The first kappa shape index (κ1) is 21.3. The highest BCUT2D eigenvalue weighted by molar-refractivity contribution is 6.31. The van der Waals surface area contributed by atoms with Gasteiger partial charge in [-0.1, -0.05) is 23.7 Å². The predicted molar refractivity (Wildman–Crippen MR) is 134 cm³/mol. The predicted octanol–water partition coefficient (Wildman–Crippen LogP) is 5.08. The minimum atomic E-state index is -0.128. The fraction of sp³-hybridized carbons (Fsp3) is 0.296. The van der Waals surface area contributed by atoms with E-state index in [1.165, 1.54) is 18.4 Å². The molecule has 1 fully saturated rings. The van der Waals surface area contributed by atoms with E-state index in [2.05, 4.69) is 31.2 Å². The number of pyridine rings is 2. The molecule has 0 saturated carbocycles. The zero-order chi connectivity index (χ0) is 23.2. The topological polar surface area (TPSA) is 73.9 Å². The van der Waals surface area contributed by atoms with Gasteiger partial charge >= 0.3 is 0 Å². The number of H-pyrrole nitrogens is 1. The van der Waals surface area contributed by atoms with Gasteiger partial charge in [-0.25, -0.2) is 4.98 Å². The highest BCUT2D eigenvalue weighted by Crippen LogP contribution is 2.40. The molecular formula is C27H26ClN5O. The maximum atomic E-state index is 13.3. The van der Waals surface area contributed by atoms with Crippen LogP contribution in [0, 0.1) is 6.92 Å². The van der Waals surface area contributed by atoms with Crippen molar-refractivity contribution in [3.8, 4) is 11.3 Å². The zero-order valence-electron chi connectivity index (χ0n) is 19.0. The third-order valence-electron chi connectivity index (χ3n) is 7.24. The van der Waals surface area contributed by atoms with Crippen molar-refractivity contribution >= 4 is 28.5 Å². The Labute approximate surface area is 203 Å². The van der Waals surface area contributed by atoms with Gasteiger partial charge in [0.2, 0.25) is 0 Å². The van der Waals surface area contributed by atoms with Gasteiger partial charge in [-0.15, -0.1) is 0 Å². The summed E-state index contributed by atoms with van der Waals surface area (Å²) in [5.74, 6) is -0.126. The molecule has 1 aliphatic carbocycles. The maximum Gasteiger partial charge on any atom is 0.253 e. The van der Waals surface area contributed by atoms with Crippen LogP contribution in [0.1, 0.15) is 45.9 Å². The third kappa shape index (κ3) is 3.58. The number of carbonyl (C=O) groups is 1. The first-order valence-electron chi connectivity index (χ1n) is 11.8. The molecule has 3 aromatic heterocycles. The van der Waals surface area contributed by atoms with Crippen LogP contribution in [0.4, 0.5) is 0 Å². The van der Waals surface area contributed by atoms with Gasteiger partial charge in [0.05, 0.1) is 17.3 Å². The lowest BCUT2D eigenvalue weighted by Crippen LogP contribution is -2.43. The largest absolute Gasteiger partial charge is 0.346 e. The van der Waals surface area contributed by atoms with Gasteiger partial charge in [0.15, 0.2) is 0 Å². The number of hydrogen-bond acceptors (Lipinski definition) is 4. The summed E-state index contributed by atoms with van der Waals surface area (Å²) < 4.78 is 0. The molecule has 6 nitrogen and oxygen atoms in total. The Hall–Kier alpha value is -3.22. The third-order valence-corrected chi connectivity index (χ3v) is 7.57. The molecule has 172 valence electrons. The number of amides is 1. The molecule has 1 saturated heterocycles. The summed E-state index contributed by atoms with van der Waals surface area (Å²) >= 11 is 6.62. The van der Waals surface area contributed by atoms with Crippen molar-refractivity contribution in [1.82, 2.24) is 25.2 Å².